The molecule has 0 saturated heterocycles. The zero-order valence-electron chi connectivity index (χ0n) is 7.29. The summed E-state index contributed by atoms with van der Waals surface area (Å²) in [5.74, 6) is 4.92. The van der Waals surface area contributed by atoms with Crippen molar-refractivity contribution in [3.8, 4) is 0 Å². The molecule has 0 rings (SSSR count). The molecule has 0 heterocycles. The Bertz CT molecular complexity index is 149. The number of nitrogens with one attached hydrogen (secondary N) is 1. The Morgan fingerprint density at radius 3 is 1.55 bits per heavy atom. The fraction of sp³-hybridized carbons (Fsp3) is 1.00. The predicted octanol–water partition coefficient (Wildman–Crippen LogP) is -3.98. The number of nitrogens with two attached hydrogens (primary N) is 1. The Hall–Kier alpha value is 0.830. The summed E-state index contributed by atoms with van der Waals surface area (Å²) in [6.07, 6.45) is 0.604. The molecule has 0 bridgehead atoms. The summed E-state index contributed by atoms with van der Waals surface area (Å²) in [6.45, 7) is 3.97. The first-order chi connectivity index (χ1) is 4.27. The van der Waals surface area contributed by atoms with Crippen molar-refractivity contribution in [1.29, 1.82) is 0 Å². The molecule has 0 amide bonds. The second-order valence-electron chi connectivity index (χ2n) is 2.03. The molecule has 0 aromatic rings. The van der Waals surface area contributed by atoms with Gasteiger partial charge in [0.1, 0.15) is 0 Å². The second kappa shape index (κ2) is 8.92. The first kappa shape index (κ1) is 17.8. The van der Waals surface area contributed by atoms with Crippen molar-refractivity contribution in [2.75, 3.05) is 6.26 Å². The van der Waals surface area contributed by atoms with E-state index in [2.05, 4.69) is 5.43 Å². The fourth-order valence-corrected chi connectivity index (χ4v) is 0. The molecule has 0 radical (unpaired) electrons. The maximum Gasteiger partial charge on any atom is 1.00 e. The zero-order chi connectivity index (χ0) is 8.78. The Labute approximate surface area is 89.7 Å². The summed E-state index contributed by atoms with van der Waals surface area (Å²) >= 11 is 0. The van der Waals surface area contributed by atoms with Gasteiger partial charge >= 0.3 is 29.6 Å². The van der Waals surface area contributed by atoms with E-state index in [9.17, 15) is 0 Å². The van der Waals surface area contributed by atoms with Crippen LogP contribution < -0.4 is 40.8 Å². The van der Waals surface area contributed by atoms with Crippen molar-refractivity contribution < 1.29 is 42.5 Å². The van der Waals surface area contributed by atoms with Crippen LogP contribution in [-0.2, 0) is 10.1 Å². The molecule has 3 N–H and O–H groups in total. The Kier molecular flexibility index (Phi) is 14.4. The van der Waals surface area contributed by atoms with Gasteiger partial charge in [-0.1, -0.05) is 0 Å². The van der Waals surface area contributed by atoms with Gasteiger partial charge in [-0.05, 0) is 13.8 Å². The van der Waals surface area contributed by atoms with E-state index in [-0.39, 0.29) is 29.6 Å². The molecule has 0 spiro atoms. The third-order valence-corrected chi connectivity index (χ3v) is 0.333. The Morgan fingerprint density at radius 2 is 1.55 bits per heavy atom. The van der Waals surface area contributed by atoms with Gasteiger partial charge in [-0.2, -0.15) is 0 Å². The van der Waals surface area contributed by atoms with Crippen LogP contribution in [0, 0.1) is 0 Å². The third-order valence-electron chi connectivity index (χ3n) is 0.333. The van der Waals surface area contributed by atoms with Gasteiger partial charge in [-0.15, -0.1) is 0 Å². The Balaban J connectivity index is -0.000000107. The van der Waals surface area contributed by atoms with Crippen LogP contribution in [0.5, 0.6) is 0 Å². The van der Waals surface area contributed by atoms with E-state index in [4.69, 9.17) is 18.8 Å². The summed E-state index contributed by atoms with van der Waals surface area (Å²) in [5.41, 5.74) is 2.53. The van der Waals surface area contributed by atoms with E-state index in [0.717, 1.165) is 0 Å². The van der Waals surface area contributed by atoms with Crippen LogP contribution in [-0.4, -0.2) is 25.3 Å². The van der Waals surface area contributed by atoms with Gasteiger partial charge in [0.05, 0.1) is 10.1 Å². The normalized spacial score (nSPS) is 9.64. The van der Waals surface area contributed by atoms with Gasteiger partial charge in [-0.3, -0.25) is 11.3 Å². The van der Waals surface area contributed by atoms with Crippen LogP contribution in [0.4, 0.5) is 0 Å². The van der Waals surface area contributed by atoms with Crippen molar-refractivity contribution >= 4 is 10.1 Å². The molecule has 0 fully saturated rings. The van der Waals surface area contributed by atoms with Gasteiger partial charge in [-0.25, -0.2) is 8.42 Å². The SMILES string of the molecule is CC(C)NN.CS(=O)(=O)[O-].[Na+]. The van der Waals surface area contributed by atoms with E-state index in [1.807, 2.05) is 13.8 Å². The van der Waals surface area contributed by atoms with Gasteiger partial charge in [0, 0.05) is 12.3 Å². The molecule has 0 aromatic heterocycles. The molecule has 0 aliphatic rings. The molecule has 0 unspecified atom stereocenters. The molecule has 0 aliphatic heterocycles. The van der Waals surface area contributed by atoms with E-state index in [1.54, 1.807) is 0 Å². The van der Waals surface area contributed by atoms with Crippen molar-refractivity contribution in [1.82, 2.24) is 5.43 Å². The summed E-state index contributed by atoms with van der Waals surface area (Å²) < 4.78 is 27.2. The van der Waals surface area contributed by atoms with Gasteiger partial charge in [0.2, 0.25) is 0 Å². The molecule has 0 saturated carbocycles. The van der Waals surface area contributed by atoms with Crippen molar-refractivity contribution in [3.63, 3.8) is 0 Å². The molecule has 64 valence electrons. The average molecular weight is 192 g/mol. The number of rotatable bonds is 1. The summed E-state index contributed by atoms with van der Waals surface area (Å²) in [7, 11) is -3.92. The van der Waals surface area contributed by atoms with Crippen LogP contribution in [0.1, 0.15) is 13.8 Å². The molecule has 0 atom stereocenters. The number of hydrogen-bond acceptors (Lipinski definition) is 5. The molecular formula is C4H13N2NaO3S. The summed E-state index contributed by atoms with van der Waals surface area (Å²) in [4.78, 5) is 0. The molecule has 0 aromatic carbocycles. The van der Waals surface area contributed by atoms with Crippen molar-refractivity contribution in [3.05, 3.63) is 0 Å². The van der Waals surface area contributed by atoms with E-state index in [1.165, 1.54) is 0 Å². The number of hydrogen-bond donors (Lipinski definition) is 2. The minimum absolute atomic E-state index is 0. The van der Waals surface area contributed by atoms with Crippen LogP contribution >= 0.6 is 0 Å². The minimum Gasteiger partial charge on any atom is -0.748 e. The van der Waals surface area contributed by atoms with Gasteiger partial charge in [0.25, 0.3) is 0 Å². The predicted molar refractivity (Wildman–Crippen MR) is 38.1 cm³/mol. The topological polar surface area (TPSA) is 95.2 Å². The minimum atomic E-state index is -3.92. The third kappa shape index (κ3) is 105. The van der Waals surface area contributed by atoms with Gasteiger partial charge in [0.15, 0.2) is 0 Å². The van der Waals surface area contributed by atoms with E-state index >= 15 is 0 Å². The molecule has 5 nitrogen and oxygen atoms in total. The van der Waals surface area contributed by atoms with Crippen LogP contribution in [0.15, 0.2) is 0 Å². The maximum atomic E-state index is 9.08. The van der Waals surface area contributed by atoms with Crippen LogP contribution in [0.3, 0.4) is 0 Å². The van der Waals surface area contributed by atoms with Crippen molar-refractivity contribution in [2.24, 2.45) is 5.84 Å². The smallest absolute Gasteiger partial charge is 0.748 e. The standard InChI is InChI=1S/C3H10N2.CH4O3S.Na/c1-3(2)5-4;1-5(2,3)4;/h3,5H,4H2,1-2H3;1H3,(H,2,3,4);/q;;+1/p-1. The largest absolute Gasteiger partial charge is 1.00 e. The zero-order valence-corrected chi connectivity index (χ0v) is 10.1. The molecule has 7 heteroatoms. The summed E-state index contributed by atoms with van der Waals surface area (Å²) in [6, 6.07) is 0.412. The fourth-order valence-electron chi connectivity index (χ4n) is 0. The van der Waals surface area contributed by atoms with Crippen LogP contribution in [0.2, 0.25) is 0 Å². The van der Waals surface area contributed by atoms with E-state index < -0.39 is 10.1 Å². The number of hydrazine groups is 1. The second-order valence-corrected chi connectivity index (χ2v) is 3.43. The Morgan fingerprint density at radius 1 is 1.45 bits per heavy atom. The molecule has 11 heavy (non-hydrogen) atoms. The maximum absolute atomic E-state index is 9.08. The van der Waals surface area contributed by atoms with E-state index in [0.29, 0.717) is 12.3 Å². The first-order valence-electron chi connectivity index (χ1n) is 2.64. The molecular weight excluding hydrogens is 179 g/mol. The average Bonchev–Trinajstić information content (AvgIpc) is 1.61. The van der Waals surface area contributed by atoms with Crippen LogP contribution in [0.25, 0.3) is 0 Å². The molecule has 0 aliphatic carbocycles. The quantitative estimate of drug-likeness (QED) is 0.191. The monoisotopic (exact) mass is 192 g/mol. The summed E-state index contributed by atoms with van der Waals surface area (Å²) in [5, 5.41) is 0. The van der Waals surface area contributed by atoms with Crippen molar-refractivity contribution in [2.45, 2.75) is 19.9 Å². The van der Waals surface area contributed by atoms with Gasteiger partial charge < -0.3 is 4.55 Å². The first-order valence-corrected chi connectivity index (χ1v) is 4.46.